The van der Waals surface area contributed by atoms with E-state index in [0.29, 0.717) is 24.7 Å². The Kier molecular flexibility index (Phi) is 24.3. The third-order valence-electron chi connectivity index (χ3n) is 16.1. The summed E-state index contributed by atoms with van der Waals surface area (Å²) in [5, 5.41) is 149. The van der Waals surface area contributed by atoms with Gasteiger partial charge in [-0.1, -0.05) is 116 Å². The molecule has 416 valence electrons. The summed E-state index contributed by atoms with van der Waals surface area (Å²) < 4.78 is 47.3. The average Bonchev–Trinajstić information content (AvgIpc) is 3.38. The Morgan fingerprint density at radius 2 is 0.690 bits per heavy atom. The van der Waals surface area contributed by atoms with Gasteiger partial charge >= 0.3 is 0 Å². The van der Waals surface area contributed by atoms with E-state index in [2.05, 4.69) is 0 Å². The van der Waals surface area contributed by atoms with Gasteiger partial charge in [-0.3, -0.25) is 0 Å². The predicted octanol–water partition coefficient (Wildman–Crippen LogP) is -1.68. The van der Waals surface area contributed by atoms with Crippen LogP contribution in [0.2, 0.25) is 0 Å². The molecule has 2 aliphatic carbocycles. The minimum absolute atomic E-state index is 0.124. The molecule has 0 aromatic carbocycles. The first-order chi connectivity index (χ1) is 34.1. The predicted molar refractivity (Wildman–Crippen MR) is 246 cm³/mol. The van der Waals surface area contributed by atoms with Gasteiger partial charge in [-0.2, -0.15) is 0 Å². The molecular weight excluding hydrogens is 941 g/mol. The van der Waals surface area contributed by atoms with Crippen LogP contribution in [0.25, 0.3) is 0 Å². The average molecular weight is 1030 g/mol. The van der Waals surface area contributed by atoms with Crippen LogP contribution in [-0.4, -0.2) is 234 Å². The van der Waals surface area contributed by atoms with Crippen molar-refractivity contribution in [3.8, 4) is 0 Å². The standard InChI is InChI=1S/C49H88O22/c50-21-29-33(54)35(56)39(60)47(66-29)70-43-31(23-52)68-45(41(62)37(43)58)64-25-49(19-11-3-9-17-27-13-5-1-6-14-27,20-12-4-10-18-28-15-7-2-8-16-28)26-65-46-42(63)38(59)44(32(24-53)69-46)71-48-40(61)36(57)34(55)30(22-51)67-48/h27-48,50-63H,1-26H2/t29?,30?,31?,32?,33-,34-,35+,36+,37-,38-,39?,40?,41?,42?,43-,44-,45-,46-,47-,48-/m1/s1. The molecule has 0 spiro atoms. The van der Waals surface area contributed by atoms with Crippen molar-refractivity contribution in [2.45, 2.75) is 251 Å². The van der Waals surface area contributed by atoms with Crippen molar-refractivity contribution in [1.82, 2.24) is 0 Å². The molecule has 22 heteroatoms. The molecule has 6 rings (SSSR count). The van der Waals surface area contributed by atoms with E-state index in [-0.39, 0.29) is 13.2 Å². The van der Waals surface area contributed by atoms with Crippen molar-refractivity contribution in [3.63, 3.8) is 0 Å². The molecule has 8 unspecified atom stereocenters. The Morgan fingerprint density at radius 3 is 1.04 bits per heavy atom. The quantitative estimate of drug-likeness (QED) is 0.0430. The lowest BCUT2D eigenvalue weighted by atomic mass is 9.78. The fourth-order valence-electron chi connectivity index (χ4n) is 11.5. The molecule has 0 bridgehead atoms. The first-order valence-electron chi connectivity index (χ1n) is 26.6. The largest absolute Gasteiger partial charge is 0.394 e. The van der Waals surface area contributed by atoms with Gasteiger partial charge in [0.15, 0.2) is 25.2 Å². The van der Waals surface area contributed by atoms with Crippen molar-refractivity contribution >= 4 is 0 Å². The highest BCUT2D eigenvalue weighted by Gasteiger charge is 2.53. The minimum atomic E-state index is -1.84. The first kappa shape index (κ1) is 59.4. The number of ether oxygens (including phenoxy) is 8. The van der Waals surface area contributed by atoms with Crippen molar-refractivity contribution in [2.75, 3.05) is 39.6 Å². The highest BCUT2D eigenvalue weighted by atomic mass is 16.8. The Hall–Kier alpha value is -0.880. The van der Waals surface area contributed by atoms with Crippen LogP contribution in [0.3, 0.4) is 0 Å². The number of hydrogen-bond donors (Lipinski definition) is 14. The lowest BCUT2D eigenvalue weighted by molar-refractivity contribution is -0.365. The van der Waals surface area contributed by atoms with Crippen molar-refractivity contribution in [1.29, 1.82) is 0 Å². The number of rotatable bonds is 26. The second kappa shape index (κ2) is 29.0. The van der Waals surface area contributed by atoms with Gasteiger partial charge in [0.1, 0.15) is 97.7 Å². The molecule has 20 atom stereocenters. The van der Waals surface area contributed by atoms with Crippen LogP contribution in [0.5, 0.6) is 0 Å². The molecule has 4 saturated heterocycles. The van der Waals surface area contributed by atoms with Crippen LogP contribution < -0.4 is 0 Å². The normalized spacial score (nSPS) is 41.3. The topological polar surface area (TPSA) is 357 Å². The Labute approximate surface area is 416 Å². The van der Waals surface area contributed by atoms with Crippen LogP contribution in [0.4, 0.5) is 0 Å². The maximum atomic E-state index is 11.5. The molecule has 2 saturated carbocycles. The van der Waals surface area contributed by atoms with E-state index in [1.54, 1.807) is 0 Å². The number of aliphatic hydroxyl groups excluding tert-OH is 14. The van der Waals surface area contributed by atoms with Crippen molar-refractivity contribution in [3.05, 3.63) is 0 Å². The fraction of sp³-hybridized carbons (Fsp3) is 1.00. The van der Waals surface area contributed by atoms with E-state index in [4.69, 9.17) is 37.9 Å². The summed E-state index contributed by atoms with van der Waals surface area (Å²) in [6.45, 7) is -3.24. The second-order valence-electron chi connectivity index (χ2n) is 21.3. The number of unbranched alkanes of at least 4 members (excludes halogenated alkanes) is 4. The Bertz CT molecular complexity index is 1360. The number of hydrogen-bond acceptors (Lipinski definition) is 22. The molecule has 0 radical (unpaired) electrons. The van der Waals surface area contributed by atoms with Crippen molar-refractivity contribution < 1.29 is 109 Å². The van der Waals surface area contributed by atoms with Crippen LogP contribution >= 0.6 is 0 Å². The summed E-state index contributed by atoms with van der Waals surface area (Å²) in [6.07, 6.45) is -11.7. The monoisotopic (exact) mass is 1030 g/mol. The van der Waals surface area contributed by atoms with Gasteiger partial charge in [-0.05, 0) is 24.7 Å². The van der Waals surface area contributed by atoms with Gasteiger partial charge in [-0.25, -0.2) is 0 Å². The van der Waals surface area contributed by atoms with Crippen LogP contribution in [0, 0.1) is 17.3 Å². The lowest BCUT2D eigenvalue weighted by Gasteiger charge is -2.47. The highest BCUT2D eigenvalue weighted by Crippen LogP contribution is 2.39. The van der Waals surface area contributed by atoms with E-state index in [1.807, 2.05) is 0 Å². The molecule has 6 fully saturated rings. The van der Waals surface area contributed by atoms with Crippen LogP contribution in [0.15, 0.2) is 0 Å². The molecule has 14 N–H and O–H groups in total. The van der Waals surface area contributed by atoms with Crippen LogP contribution in [-0.2, 0) is 37.9 Å². The summed E-state index contributed by atoms with van der Waals surface area (Å²) in [5.41, 5.74) is -0.867. The maximum Gasteiger partial charge on any atom is 0.187 e. The van der Waals surface area contributed by atoms with Gasteiger partial charge in [0, 0.05) is 5.41 Å². The number of aliphatic hydroxyl groups is 14. The van der Waals surface area contributed by atoms with E-state index < -0.39 is 155 Å². The van der Waals surface area contributed by atoms with Gasteiger partial charge < -0.3 is 109 Å². The highest BCUT2D eigenvalue weighted by molar-refractivity contribution is 4.97. The van der Waals surface area contributed by atoms with E-state index in [1.165, 1.54) is 64.2 Å². The van der Waals surface area contributed by atoms with Gasteiger partial charge in [-0.15, -0.1) is 0 Å². The summed E-state index contributed by atoms with van der Waals surface area (Å²) in [7, 11) is 0. The van der Waals surface area contributed by atoms with Gasteiger partial charge in [0.2, 0.25) is 0 Å². The second-order valence-corrected chi connectivity index (χ2v) is 21.3. The Balaban J connectivity index is 1.18. The first-order valence-corrected chi connectivity index (χ1v) is 26.6. The molecule has 71 heavy (non-hydrogen) atoms. The lowest BCUT2D eigenvalue weighted by Crippen LogP contribution is -2.65. The minimum Gasteiger partial charge on any atom is -0.394 e. The fourth-order valence-corrected chi connectivity index (χ4v) is 11.5. The molecular formula is C49H88O22. The third kappa shape index (κ3) is 15.6. The van der Waals surface area contributed by atoms with E-state index >= 15 is 0 Å². The molecule has 0 amide bonds. The van der Waals surface area contributed by atoms with E-state index in [0.717, 1.165) is 51.4 Å². The van der Waals surface area contributed by atoms with Gasteiger partial charge in [0.25, 0.3) is 0 Å². The van der Waals surface area contributed by atoms with Crippen molar-refractivity contribution in [2.24, 2.45) is 17.3 Å². The summed E-state index contributed by atoms with van der Waals surface area (Å²) in [5.74, 6) is 1.39. The smallest absolute Gasteiger partial charge is 0.187 e. The summed E-state index contributed by atoms with van der Waals surface area (Å²) in [6, 6.07) is 0. The maximum absolute atomic E-state index is 11.5. The third-order valence-corrected chi connectivity index (χ3v) is 16.1. The molecule has 6 aliphatic rings. The molecule has 0 aromatic rings. The molecule has 22 nitrogen and oxygen atoms in total. The Morgan fingerprint density at radius 1 is 0.352 bits per heavy atom. The zero-order valence-electron chi connectivity index (χ0n) is 41.1. The summed E-state index contributed by atoms with van der Waals surface area (Å²) in [4.78, 5) is 0. The van der Waals surface area contributed by atoms with E-state index in [9.17, 15) is 71.5 Å². The zero-order chi connectivity index (χ0) is 51.2. The molecule has 4 aliphatic heterocycles. The summed E-state index contributed by atoms with van der Waals surface area (Å²) >= 11 is 0. The molecule has 0 aromatic heterocycles. The van der Waals surface area contributed by atoms with Crippen LogP contribution in [0.1, 0.15) is 128 Å². The van der Waals surface area contributed by atoms with Gasteiger partial charge in [0.05, 0.1) is 39.6 Å². The SMILES string of the molecule is OCC1O[C@H](O[C@@H]2C(CO)O[C@@H](OCC(CCCCCC3CCCCC3)(CCCCCC3CCCCC3)CO[C@@H]3OC(CO)[C@@H](O[C@H]4OC(CO)[C@@H](O)[C@H](O)C4O)[C@H](O)C3O)C(O)[C@H]2O)C(O)[C@@H](O)[C@@H]1O. The molecule has 4 heterocycles. The zero-order valence-corrected chi connectivity index (χ0v) is 41.1.